The summed E-state index contributed by atoms with van der Waals surface area (Å²) in [5.41, 5.74) is 1.60. The fraction of sp³-hybridized carbons (Fsp3) is 0.571. The molecule has 2 heterocycles. The summed E-state index contributed by atoms with van der Waals surface area (Å²) in [6.07, 6.45) is 1.35. The lowest BCUT2D eigenvalue weighted by Gasteiger charge is -2.41. The second-order valence-corrected chi connectivity index (χ2v) is 26.6. The smallest absolute Gasteiger partial charge is 0.410 e. The molecule has 3 aliphatic rings. The average Bonchev–Trinajstić information content (AvgIpc) is 3.91. The second kappa shape index (κ2) is 26.0. The number of rotatable bonds is 15. The number of carbonyl (C=O) groups is 9. The fourth-order valence-electron chi connectivity index (χ4n) is 10.4. The summed E-state index contributed by atoms with van der Waals surface area (Å²) in [6, 6.07) is 15.0. The van der Waals surface area contributed by atoms with Crippen LogP contribution >= 0.6 is 0 Å². The van der Waals surface area contributed by atoms with Crippen molar-refractivity contribution >= 4 is 53.5 Å². The maximum atomic E-state index is 14.9. The third-order valence-electron chi connectivity index (χ3n) is 15.5. The molecule has 452 valence electrons. The lowest BCUT2D eigenvalue weighted by Crippen LogP contribution is -2.62. The van der Waals surface area contributed by atoms with E-state index in [0.717, 1.165) is 40.0 Å². The molecule has 0 saturated carbocycles. The van der Waals surface area contributed by atoms with Gasteiger partial charge in [0.25, 0.3) is 5.91 Å². The van der Waals surface area contributed by atoms with Gasteiger partial charge in [-0.1, -0.05) is 102 Å². The predicted molar refractivity (Wildman–Crippen MR) is 314 cm³/mol. The van der Waals surface area contributed by atoms with Gasteiger partial charge in [0.05, 0.1) is 6.04 Å². The largest absolute Gasteiger partial charge is 0.444 e. The fourth-order valence-corrected chi connectivity index (χ4v) is 10.4. The van der Waals surface area contributed by atoms with Crippen molar-refractivity contribution in [2.45, 2.75) is 202 Å². The van der Waals surface area contributed by atoms with Crippen LogP contribution in [0.1, 0.15) is 160 Å². The van der Waals surface area contributed by atoms with Crippen molar-refractivity contribution in [1.82, 2.24) is 46.2 Å². The number of likely N-dealkylation sites (tertiary alicyclic amines) is 1. The number of fused-ring (bicyclic) bond motifs is 2. The van der Waals surface area contributed by atoms with Crippen molar-refractivity contribution in [3.63, 3.8) is 0 Å². The molecule has 0 bridgehead atoms. The van der Waals surface area contributed by atoms with Crippen LogP contribution in [0.3, 0.4) is 0 Å². The molecule has 1 saturated heterocycles. The maximum Gasteiger partial charge on any atom is 0.410 e. The zero-order valence-electron chi connectivity index (χ0n) is 51.5. The summed E-state index contributed by atoms with van der Waals surface area (Å²) in [7, 11) is 2.90. The molecular formula is C63H89N9O11. The van der Waals surface area contributed by atoms with Crippen LogP contribution in [0.2, 0.25) is 0 Å². The van der Waals surface area contributed by atoms with E-state index in [4.69, 9.17) is 9.47 Å². The highest BCUT2D eigenvalue weighted by molar-refractivity contribution is 5.97. The molecule has 3 aromatic carbocycles. The van der Waals surface area contributed by atoms with E-state index in [2.05, 4.69) is 26.6 Å². The Hall–Kier alpha value is -7.51. The number of carbonyl (C=O) groups excluding carboxylic acids is 9. The molecule has 0 radical (unpaired) electrons. The predicted octanol–water partition coefficient (Wildman–Crippen LogP) is 6.72. The van der Waals surface area contributed by atoms with Crippen LogP contribution < -0.4 is 26.6 Å². The molecule has 20 heteroatoms. The Morgan fingerprint density at radius 3 is 1.61 bits per heavy atom. The first-order chi connectivity index (χ1) is 38.5. The van der Waals surface area contributed by atoms with E-state index in [0.29, 0.717) is 12.0 Å². The minimum atomic E-state index is -1.14. The van der Waals surface area contributed by atoms with Crippen molar-refractivity contribution in [3.8, 4) is 0 Å². The third kappa shape index (κ3) is 16.6. The first-order valence-electron chi connectivity index (χ1n) is 28.8. The highest BCUT2D eigenvalue weighted by Crippen LogP contribution is 2.33. The zero-order chi connectivity index (χ0) is 61.7. The molecular weight excluding hydrogens is 1060 g/mol. The standard InChI is InChI=1S/C63H89N9O11/c1-37(69(15)58(80)82-62(9,10)11)51(73)67-49(60(3,4)5)56(78)71-35-43-24-18-17-23-42(43)32-47(71)54(76)64-34-39-28-30-41(31-29-39)53(75)65-44-33-48(55(77)66-46-27-21-25-40-22-19-20-26-45(40)46)72(36-44)57(79)50(61(6,7)8)68-52(74)38(2)70(16)59(81)83-63(12,13)14/h17-20,22-24,26,28-31,37-38,44,46-50H,21,25,27,32-36H2,1-16H3,(H,64,76)(H,65,75)(H,66,77)(H,67,73)(H,68,74). The lowest BCUT2D eigenvalue weighted by molar-refractivity contribution is -0.147. The second-order valence-electron chi connectivity index (χ2n) is 26.6. The number of nitrogens with one attached hydrogen (secondary N) is 5. The number of nitrogens with zero attached hydrogens (tertiary/aromatic N) is 4. The third-order valence-corrected chi connectivity index (χ3v) is 15.5. The molecule has 0 spiro atoms. The molecule has 9 amide bonds. The Morgan fingerprint density at radius 1 is 0.602 bits per heavy atom. The van der Waals surface area contributed by atoms with Crippen molar-refractivity contribution in [3.05, 3.63) is 106 Å². The summed E-state index contributed by atoms with van der Waals surface area (Å²) in [4.78, 5) is 131. The van der Waals surface area contributed by atoms with Crippen LogP contribution in [0.15, 0.2) is 72.8 Å². The SMILES string of the molecule is CC(C(=O)NC(C(=O)N1Cc2ccccc2CC1C(=O)NCc1ccc(C(=O)NC2CC(C(=O)NC3CCCc4ccccc43)N(C(=O)C(NC(=O)C(C)N(C)C(=O)OC(C)(C)C)C(C)(C)C)C2)cc1)C(C)(C)C)N(C)C(=O)OC(C)(C)C. The van der Waals surface area contributed by atoms with Gasteiger partial charge < -0.3 is 45.9 Å². The minimum absolute atomic E-state index is 0.0392. The van der Waals surface area contributed by atoms with Crippen LogP contribution in [0.5, 0.6) is 0 Å². The summed E-state index contributed by atoms with van der Waals surface area (Å²) in [5.74, 6) is -3.42. The van der Waals surface area contributed by atoms with Crippen LogP contribution in [0, 0.1) is 10.8 Å². The number of hydrogen-bond donors (Lipinski definition) is 5. The molecule has 8 atom stereocenters. The first kappa shape index (κ1) is 64.7. The maximum absolute atomic E-state index is 14.9. The van der Waals surface area contributed by atoms with Crippen LogP contribution in [-0.2, 0) is 64.2 Å². The molecule has 8 unspecified atom stereocenters. The van der Waals surface area contributed by atoms with Gasteiger partial charge in [0.1, 0.15) is 47.5 Å². The Balaban J connectivity index is 1.16. The Morgan fingerprint density at radius 2 is 1.10 bits per heavy atom. The van der Waals surface area contributed by atoms with E-state index in [-0.39, 0.29) is 50.0 Å². The molecule has 0 aromatic heterocycles. The highest BCUT2D eigenvalue weighted by atomic mass is 16.6. The number of ether oxygens (including phenoxy) is 2. The molecule has 6 rings (SSSR count). The average molecular weight is 1150 g/mol. The quantitative estimate of drug-likeness (QED) is 0.107. The van der Waals surface area contributed by atoms with E-state index in [1.165, 1.54) is 35.7 Å². The van der Waals surface area contributed by atoms with Crippen LogP contribution in [0.4, 0.5) is 9.59 Å². The van der Waals surface area contributed by atoms with E-state index < -0.39 is 112 Å². The van der Waals surface area contributed by atoms with Gasteiger partial charge in [-0.25, -0.2) is 9.59 Å². The van der Waals surface area contributed by atoms with Gasteiger partial charge in [-0.2, -0.15) is 0 Å². The molecule has 5 N–H and O–H groups in total. The van der Waals surface area contributed by atoms with E-state index >= 15 is 0 Å². The van der Waals surface area contributed by atoms with Crippen molar-refractivity contribution in [1.29, 1.82) is 0 Å². The highest BCUT2D eigenvalue weighted by Gasteiger charge is 2.47. The van der Waals surface area contributed by atoms with E-state index in [9.17, 15) is 43.2 Å². The molecule has 1 aliphatic carbocycles. The van der Waals surface area contributed by atoms with Crippen LogP contribution in [0.25, 0.3) is 0 Å². The number of benzene rings is 3. The van der Waals surface area contributed by atoms with E-state index in [1.807, 2.05) is 69.3 Å². The summed E-state index contributed by atoms with van der Waals surface area (Å²) in [5, 5.41) is 15.0. The number of aryl methyl sites for hydroxylation is 1. The molecule has 2 aliphatic heterocycles. The Bertz CT molecular complexity index is 2900. The van der Waals surface area contributed by atoms with Gasteiger partial charge in [0.15, 0.2) is 0 Å². The lowest BCUT2D eigenvalue weighted by atomic mass is 9.84. The van der Waals surface area contributed by atoms with Gasteiger partial charge >= 0.3 is 12.2 Å². The topological polar surface area (TPSA) is 245 Å². The molecule has 3 aromatic rings. The van der Waals surface area contributed by atoms with Gasteiger partial charge in [-0.3, -0.25) is 43.4 Å². The zero-order valence-corrected chi connectivity index (χ0v) is 51.5. The Kier molecular flexibility index (Phi) is 20.2. The van der Waals surface area contributed by atoms with Crippen LogP contribution in [-0.4, -0.2) is 147 Å². The number of hydrogen-bond acceptors (Lipinski definition) is 11. The summed E-state index contributed by atoms with van der Waals surface area (Å²) >= 11 is 0. The summed E-state index contributed by atoms with van der Waals surface area (Å²) < 4.78 is 11.0. The minimum Gasteiger partial charge on any atom is -0.444 e. The van der Waals surface area contributed by atoms with Crippen molar-refractivity contribution < 1.29 is 52.6 Å². The monoisotopic (exact) mass is 1150 g/mol. The first-order valence-corrected chi connectivity index (χ1v) is 28.8. The van der Waals surface area contributed by atoms with Gasteiger partial charge in [0.2, 0.25) is 35.4 Å². The molecule has 20 nitrogen and oxygen atoms in total. The Labute approximate surface area is 489 Å². The normalized spacial score (nSPS) is 19.5. The van der Waals surface area contributed by atoms with Gasteiger partial charge in [0, 0.05) is 51.8 Å². The summed E-state index contributed by atoms with van der Waals surface area (Å²) in [6.45, 7) is 24.4. The number of likely N-dealkylation sites (N-methyl/N-ethyl adjacent to an activating group) is 2. The van der Waals surface area contributed by atoms with Crippen molar-refractivity contribution in [2.75, 3.05) is 20.6 Å². The van der Waals surface area contributed by atoms with Gasteiger partial charge in [-0.05, 0) is 132 Å². The van der Waals surface area contributed by atoms with E-state index in [1.54, 1.807) is 93.5 Å². The molecule has 1 fully saturated rings. The van der Waals surface area contributed by atoms with Crippen molar-refractivity contribution in [2.24, 2.45) is 10.8 Å². The van der Waals surface area contributed by atoms with Gasteiger partial charge in [-0.15, -0.1) is 0 Å². The molecule has 83 heavy (non-hydrogen) atoms. The number of amides is 9.